The van der Waals surface area contributed by atoms with Crippen LogP contribution in [-0.2, 0) is 11.3 Å². The molecule has 218 valence electrons. The van der Waals surface area contributed by atoms with Crippen LogP contribution in [0, 0.1) is 17.3 Å². The lowest BCUT2D eigenvalue weighted by atomic mass is 9.48. The van der Waals surface area contributed by atoms with Crippen molar-refractivity contribution in [1.29, 1.82) is 0 Å². The van der Waals surface area contributed by atoms with E-state index >= 15 is 0 Å². The van der Waals surface area contributed by atoms with Crippen LogP contribution in [0.1, 0.15) is 72.7 Å². The largest absolute Gasteiger partial charge is 0.476 e. The van der Waals surface area contributed by atoms with Crippen molar-refractivity contribution < 1.29 is 19.2 Å². The van der Waals surface area contributed by atoms with E-state index in [1.54, 1.807) is 0 Å². The van der Waals surface area contributed by atoms with E-state index in [4.69, 9.17) is 32.5 Å². The van der Waals surface area contributed by atoms with Crippen molar-refractivity contribution in [3.63, 3.8) is 0 Å². The van der Waals surface area contributed by atoms with E-state index in [2.05, 4.69) is 26.6 Å². The van der Waals surface area contributed by atoms with Crippen LogP contribution < -0.4 is 4.90 Å². The molecule has 4 aromatic rings. The number of carboxylic acids is 1. The zero-order valence-corrected chi connectivity index (χ0v) is 25.4. The molecular weight excluding hydrogens is 593 g/mol. The van der Waals surface area contributed by atoms with E-state index in [-0.39, 0.29) is 11.8 Å². The van der Waals surface area contributed by atoms with E-state index in [9.17, 15) is 9.90 Å². The number of rotatable bonds is 7. The summed E-state index contributed by atoms with van der Waals surface area (Å²) >= 11 is 14.4. The van der Waals surface area contributed by atoms with Gasteiger partial charge in [0.15, 0.2) is 5.69 Å². The predicted octanol–water partition coefficient (Wildman–Crippen LogP) is 8.44. The van der Waals surface area contributed by atoms with Gasteiger partial charge in [0.25, 0.3) is 0 Å². The zero-order valence-electron chi connectivity index (χ0n) is 23.0. The van der Waals surface area contributed by atoms with Gasteiger partial charge in [-0.15, -0.1) is 0 Å². The molecule has 4 fully saturated rings. The van der Waals surface area contributed by atoms with Crippen molar-refractivity contribution >= 4 is 56.5 Å². The highest BCUT2D eigenvalue weighted by Crippen LogP contribution is 2.61. The Morgan fingerprint density at radius 1 is 1.10 bits per heavy atom. The Morgan fingerprint density at radius 3 is 2.52 bits per heavy atom. The van der Waals surface area contributed by atoms with Gasteiger partial charge in [-0.1, -0.05) is 40.8 Å². The topological polar surface area (TPSA) is 88.7 Å². The van der Waals surface area contributed by atoms with Gasteiger partial charge in [0.1, 0.15) is 11.5 Å². The highest BCUT2D eigenvalue weighted by atomic mass is 35.5. The van der Waals surface area contributed by atoms with Gasteiger partial charge in [-0.05, 0) is 97.6 Å². The summed E-state index contributed by atoms with van der Waals surface area (Å²) in [6, 6.07) is 11.6. The molecule has 2 aromatic carbocycles. The molecule has 1 saturated heterocycles. The fourth-order valence-corrected chi connectivity index (χ4v) is 9.36. The molecule has 3 saturated carbocycles. The highest BCUT2D eigenvalue weighted by molar-refractivity contribution is 7.13. The second-order valence-corrected chi connectivity index (χ2v) is 14.2. The first-order valence-corrected chi connectivity index (χ1v) is 16.4. The van der Waals surface area contributed by atoms with E-state index < -0.39 is 5.97 Å². The van der Waals surface area contributed by atoms with Gasteiger partial charge in [0.2, 0.25) is 0 Å². The number of hydrogen-bond acceptors (Lipinski definition) is 7. The summed E-state index contributed by atoms with van der Waals surface area (Å²) in [6.45, 7) is 2.53. The summed E-state index contributed by atoms with van der Waals surface area (Å²) in [6.07, 6.45) is 8.42. The average molecular weight is 625 g/mol. The molecule has 3 aliphatic carbocycles. The lowest BCUT2D eigenvalue weighted by molar-refractivity contribution is -0.161. The fraction of sp³-hybridized carbons (Fsp3) is 0.469. The Bertz CT molecular complexity index is 1660. The molecule has 2 unspecified atom stereocenters. The second-order valence-electron chi connectivity index (χ2n) is 12.6. The van der Waals surface area contributed by atoms with E-state index in [0.717, 1.165) is 65.7 Å². The van der Waals surface area contributed by atoms with Crippen LogP contribution in [0.2, 0.25) is 10.0 Å². The van der Waals surface area contributed by atoms with Crippen LogP contribution in [-0.4, -0.2) is 39.8 Å². The molecule has 8 rings (SSSR count). The zero-order chi connectivity index (χ0) is 28.6. The van der Waals surface area contributed by atoms with Gasteiger partial charge >= 0.3 is 5.97 Å². The average Bonchev–Trinajstić information content (AvgIpc) is 3.56. The number of carboxylic acid groups (broad SMARTS) is 1. The molecule has 2 atom stereocenters. The molecule has 2 bridgehead atoms. The molecular formula is C32H31Cl2N3O4S. The number of benzene rings is 2. The number of fused-ring (bicyclic) bond motifs is 1. The van der Waals surface area contributed by atoms with Gasteiger partial charge in [0, 0.05) is 41.2 Å². The van der Waals surface area contributed by atoms with Crippen molar-refractivity contribution in [3.05, 3.63) is 63.5 Å². The summed E-state index contributed by atoms with van der Waals surface area (Å²) in [5, 5.41) is 15.7. The number of halogens is 2. The predicted molar refractivity (Wildman–Crippen MR) is 164 cm³/mol. The number of ether oxygens (including phenoxy) is 1. The van der Waals surface area contributed by atoms with Crippen LogP contribution in [0.5, 0.6) is 0 Å². The summed E-state index contributed by atoms with van der Waals surface area (Å²) in [5.41, 5.74) is 4.08. The van der Waals surface area contributed by atoms with Crippen LogP contribution in [0.4, 0.5) is 5.69 Å². The van der Waals surface area contributed by atoms with Crippen molar-refractivity contribution in [2.24, 2.45) is 17.3 Å². The Labute approximate surface area is 257 Å². The monoisotopic (exact) mass is 623 g/mol. The number of anilines is 1. The van der Waals surface area contributed by atoms with E-state index in [1.165, 1.54) is 36.5 Å². The van der Waals surface area contributed by atoms with Crippen LogP contribution in [0.25, 0.3) is 21.3 Å². The Kier molecular flexibility index (Phi) is 6.56. The minimum absolute atomic E-state index is 0.147. The normalized spacial score (nSPS) is 27.0. The molecule has 10 heteroatoms. The number of piperidine rings is 1. The summed E-state index contributed by atoms with van der Waals surface area (Å²) in [5.74, 6) is 1.62. The molecule has 0 radical (unpaired) electrons. The molecule has 1 N–H and O–H groups in total. The number of aromatic carboxylic acids is 1. The number of carbonyl (C=O) groups is 1. The van der Waals surface area contributed by atoms with Crippen molar-refractivity contribution in [3.8, 4) is 11.3 Å². The van der Waals surface area contributed by atoms with E-state index in [1.807, 2.05) is 24.3 Å². The lowest BCUT2D eigenvalue weighted by Crippen LogP contribution is -2.62. The van der Waals surface area contributed by atoms with Gasteiger partial charge in [-0.25, -0.2) is 4.79 Å². The van der Waals surface area contributed by atoms with Crippen molar-refractivity contribution in [1.82, 2.24) is 9.53 Å². The molecule has 1 aliphatic heterocycles. The third kappa shape index (κ3) is 4.36. The quantitative estimate of drug-likeness (QED) is 0.221. The molecule has 42 heavy (non-hydrogen) atoms. The maximum Gasteiger partial charge on any atom is 0.356 e. The fourth-order valence-electron chi connectivity index (χ4n) is 7.98. The maximum atomic E-state index is 11.5. The van der Waals surface area contributed by atoms with Crippen molar-refractivity contribution in [2.45, 2.75) is 63.6 Å². The van der Waals surface area contributed by atoms with Crippen LogP contribution in [0.3, 0.4) is 0 Å². The van der Waals surface area contributed by atoms with E-state index in [0.29, 0.717) is 45.5 Å². The van der Waals surface area contributed by atoms with Crippen LogP contribution in [0.15, 0.2) is 40.9 Å². The molecule has 0 amide bonds. The SMILES string of the molecule is O=C(O)c1nsc2cc(N3CC4CCCC(C3)C43CC(OCc4c(-c5c(Cl)cccc5Cl)noc4C4CC4)C3)ccc12. The van der Waals surface area contributed by atoms with Gasteiger partial charge in [-0.2, -0.15) is 4.37 Å². The Balaban J connectivity index is 0.977. The number of aromatic nitrogens is 2. The highest BCUT2D eigenvalue weighted by Gasteiger charge is 2.58. The lowest BCUT2D eigenvalue weighted by Gasteiger charge is -2.63. The molecule has 7 nitrogen and oxygen atoms in total. The third-order valence-electron chi connectivity index (χ3n) is 10.3. The molecule has 3 heterocycles. The number of hydrogen-bond donors (Lipinski definition) is 1. The first-order valence-electron chi connectivity index (χ1n) is 14.8. The van der Waals surface area contributed by atoms with Crippen molar-refractivity contribution in [2.75, 3.05) is 18.0 Å². The summed E-state index contributed by atoms with van der Waals surface area (Å²) < 4.78 is 17.5. The maximum absolute atomic E-state index is 11.5. The minimum atomic E-state index is -0.970. The molecule has 4 aliphatic rings. The van der Waals surface area contributed by atoms with Gasteiger partial charge < -0.3 is 19.3 Å². The van der Waals surface area contributed by atoms with Gasteiger partial charge in [0.05, 0.1) is 27.5 Å². The second kappa shape index (κ2) is 10.2. The molecule has 2 aromatic heterocycles. The Morgan fingerprint density at radius 2 is 1.83 bits per heavy atom. The Hall–Kier alpha value is -2.65. The number of nitrogens with zero attached hydrogens (tertiary/aromatic N) is 3. The summed E-state index contributed by atoms with van der Waals surface area (Å²) in [4.78, 5) is 14.0. The minimum Gasteiger partial charge on any atom is -0.476 e. The standard InChI is InChI=1S/C32H31Cl2N3O4S/c33-24-5-2-6-25(34)27(24)28-23(30(41-35-28)17-7-8-17)16-40-21-12-32(13-21)18-3-1-4-19(32)15-37(14-18)20-9-10-22-26(11-20)42-36-29(22)31(38)39/h2,5-6,9-11,17-19,21H,1,3-4,7-8,12-16H2,(H,38,39). The summed E-state index contributed by atoms with van der Waals surface area (Å²) in [7, 11) is 0. The van der Waals surface area contributed by atoms with Crippen LogP contribution >= 0.6 is 34.7 Å². The van der Waals surface area contributed by atoms with Gasteiger partial charge in [-0.3, -0.25) is 0 Å². The molecule has 1 spiro atoms. The first kappa shape index (κ1) is 26.9. The smallest absolute Gasteiger partial charge is 0.356 e. The first-order chi connectivity index (χ1) is 20.4. The third-order valence-corrected chi connectivity index (χ3v) is 11.7.